The molecule has 9 heteroatoms. The van der Waals surface area contributed by atoms with Gasteiger partial charge in [0.05, 0.1) is 21.3 Å². The summed E-state index contributed by atoms with van der Waals surface area (Å²) in [5.41, 5.74) is 0.737. The monoisotopic (exact) mass is 368 g/mol. The van der Waals surface area contributed by atoms with E-state index >= 15 is 0 Å². The van der Waals surface area contributed by atoms with Crippen molar-refractivity contribution in [1.82, 2.24) is 5.06 Å². The molecule has 22 heavy (non-hydrogen) atoms. The van der Waals surface area contributed by atoms with Crippen LogP contribution in [-0.2, 0) is 4.84 Å². The zero-order chi connectivity index (χ0) is 16.5. The summed E-state index contributed by atoms with van der Waals surface area (Å²) in [5.74, 6) is 1.49. The van der Waals surface area contributed by atoms with Gasteiger partial charge in [-0.25, -0.2) is 4.99 Å². The molecule has 0 saturated carbocycles. The van der Waals surface area contributed by atoms with E-state index in [-0.39, 0.29) is 5.90 Å². The third-order valence-electron chi connectivity index (χ3n) is 3.04. The van der Waals surface area contributed by atoms with Gasteiger partial charge in [-0.1, -0.05) is 34.8 Å². The van der Waals surface area contributed by atoms with E-state index in [0.29, 0.717) is 17.2 Å². The van der Waals surface area contributed by atoms with E-state index in [1.807, 2.05) is 0 Å². The van der Waals surface area contributed by atoms with Crippen LogP contribution >= 0.6 is 34.8 Å². The molecule has 6 nitrogen and oxygen atoms in total. The van der Waals surface area contributed by atoms with E-state index in [2.05, 4.69) is 4.99 Å². The van der Waals surface area contributed by atoms with Crippen LogP contribution in [0.1, 0.15) is 11.7 Å². The molecule has 1 heterocycles. The SMILES string of the molecule is COc1cc(C2N=C(C(Cl)(Cl)Cl)ON2C)cc(OC)c1OC. The summed E-state index contributed by atoms with van der Waals surface area (Å²) in [6.07, 6.45) is -0.501. The van der Waals surface area contributed by atoms with E-state index in [0.717, 1.165) is 5.56 Å². The van der Waals surface area contributed by atoms with Gasteiger partial charge in [0.15, 0.2) is 17.7 Å². The number of nitrogens with zero attached hydrogens (tertiary/aromatic N) is 2. The molecule has 0 N–H and O–H groups in total. The highest BCUT2D eigenvalue weighted by atomic mass is 35.6. The molecular formula is C13H15Cl3N2O4. The Hall–Kier alpha value is -1.08. The molecule has 1 aromatic rings. The van der Waals surface area contributed by atoms with E-state index in [1.54, 1.807) is 19.2 Å². The van der Waals surface area contributed by atoms with Crippen molar-refractivity contribution in [1.29, 1.82) is 0 Å². The number of hydroxylamine groups is 2. The van der Waals surface area contributed by atoms with Gasteiger partial charge >= 0.3 is 0 Å². The molecule has 122 valence electrons. The van der Waals surface area contributed by atoms with Gasteiger partial charge in [0.25, 0.3) is 9.69 Å². The molecule has 1 unspecified atom stereocenters. The second-order valence-electron chi connectivity index (χ2n) is 4.40. The third kappa shape index (κ3) is 3.30. The van der Waals surface area contributed by atoms with Gasteiger partial charge in [0.1, 0.15) is 0 Å². The van der Waals surface area contributed by atoms with Crippen LogP contribution < -0.4 is 14.2 Å². The Morgan fingerprint density at radius 3 is 2.00 bits per heavy atom. The van der Waals surface area contributed by atoms with Crippen LogP contribution in [0.3, 0.4) is 0 Å². The van der Waals surface area contributed by atoms with Crippen LogP contribution in [-0.4, -0.2) is 43.1 Å². The van der Waals surface area contributed by atoms with Crippen molar-refractivity contribution in [2.24, 2.45) is 4.99 Å². The minimum atomic E-state index is -1.73. The largest absolute Gasteiger partial charge is 0.493 e. The van der Waals surface area contributed by atoms with Crippen LogP contribution in [0.5, 0.6) is 17.2 Å². The van der Waals surface area contributed by atoms with Crippen molar-refractivity contribution in [2.45, 2.75) is 9.96 Å². The molecule has 0 fully saturated rings. The minimum absolute atomic E-state index is 0.00116. The number of halogens is 3. The number of alkyl halides is 3. The summed E-state index contributed by atoms with van der Waals surface area (Å²) in [5, 5.41) is 1.47. The summed E-state index contributed by atoms with van der Waals surface area (Å²) in [7, 11) is 6.28. The van der Waals surface area contributed by atoms with Gasteiger partial charge in [0.2, 0.25) is 5.75 Å². The van der Waals surface area contributed by atoms with Crippen molar-refractivity contribution in [3.63, 3.8) is 0 Å². The first-order chi connectivity index (χ1) is 10.3. The highest BCUT2D eigenvalue weighted by Crippen LogP contribution is 2.43. The van der Waals surface area contributed by atoms with Gasteiger partial charge < -0.3 is 19.0 Å². The summed E-state index contributed by atoms with van der Waals surface area (Å²) in [6, 6.07) is 3.52. The lowest BCUT2D eigenvalue weighted by atomic mass is 10.1. The van der Waals surface area contributed by atoms with Crippen LogP contribution in [0.25, 0.3) is 0 Å². The van der Waals surface area contributed by atoms with Crippen LogP contribution in [0.4, 0.5) is 0 Å². The average molecular weight is 370 g/mol. The van der Waals surface area contributed by atoms with Crippen molar-refractivity contribution >= 4 is 40.7 Å². The minimum Gasteiger partial charge on any atom is -0.493 e. The van der Waals surface area contributed by atoms with Gasteiger partial charge in [-0.05, 0) is 12.1 Å². The molecule has 0 saturated heterocycles. The molecule has 1 aromatic carbocycles. The molecule has 1 aliphatic rings. The van der Waals surface area contributed by atoms with Gasteiger partial charge in [-0.2, -0.15) is 0 Å². The highest BCUT2D eigenvalue weighted by Gasteiger charge is 2.39. The molecule has 2 rings (SSSR count). The second kappa shape index (κ2) is 6.58. The van der Waals surface area contributed by atoms with Crippen LogP contribution in [0, 0.1) is 0 Å². The van der Waals surface area contributed by atoms with Crippen molar-refractivity contribution in [2.75, 3.05) is 28.4 Å². The average Bonchev–Trinajstić information content (AvgIpc) is 2.87. The molecule has 0 aliphatic carbocycles. The highest BCUT2D eigenvalue weighted by molar-refractivity contribution is 6.76. The summed E-state index contributed by atoms with van der Waals surface area (Å²) >= 11 is 17.4. The fraction of sp³-hybridized carbons (Fsp3) is 0.462. The Balaban J connectivity index is 2.47. The normalized spacial score (nSPS) is 18.7. The molecular weight excluding hydrogens is 355 g/mol. The third-order valence-corrected chi connectivity index (χ3v) is 3.53. The van der Waals surface area contributed by atoms with E-state index in [4.69, 9.17) is 53.9 Å². The first-order valence-corrected chi connectivity index (χ1v) is 7.31. The van der Waals surface area contributed by atoms with Crippen molar-refractivity contribution < 1.29 is 19.0 Å². The number of aliphatic imine (C=N–C) groups is 1. The number of hydrogen-bond donors (Lipinski definition) is 0. The molecule has 0 bridgehead atoms. The summed E-state index contributed by atoms with van der Waals surface area (Å²) in [6.45, 7) is 0. The van der Waals surface area contributed by atoms with Crippen LogP contribution in [0.2, 0.25) is 0 Å². The fourth-order valence-corrected chi connectivity index (χ4v) is 2.31. The zero-order valence-corrected chi connectivity index (χ0v) is 14.7. The number of methoxy groups -OCH3 is 3. The predicted molar refractivity (Wildman–Crippen MR) is 85.4 cm³/mol. The molecule has 0 spiro atoms. The summed E-state index contributed by atoms with van der Waals surface area (Å²) in [4.78, 5) is 9.66. The van der Waals surface area contributed by atoms with Gasteiger partial charge in [-0.15, -0.1) is 5.06 Å². The molecule has 0 amide bonds. The van der Waals surface area contributed by atoms with Crippen molar-refractivity contribution in [3.05, 3.63) is 17.7 Å². The lowest BCUT2D eigenvalue weighted by Gasteiger charge is -2.19. The zero-order valence-electron chi connectivity index (χ0n) is 12.4. The van der Waals surface area contributed by atoms with Crippen LogP contribution in [0.15, 0.2) is 17.1 Å². The lowest BCUT2D eigenvalue weighted by Crippen LogP contribution is -2.24. The Morgan fingerprint density at radius 2 is 1.64 bits per heavy atom. The Kier molecular flexibility index (Phi) is 5.17. The maximum absolute atomic E-state index is 5.80. The fourth-order valence-electron chi connectivity index (χ4n) is 2.06. The molecule has 0 aromatic heterocycles. The lowest BCUT2D eigenvalue weighted by molar-refractivity contribution is -0.0591. The molecule has 1 aliphatic heterocycles. The van der Waals surface area contributed by atoms with E-state index < -0.39 is 9.96 Å². The molecule has 0 radical (unpaired) electrons. The number of rotatable bonds is 4. The second-order valence-corrected chi connectivity index (χ2v) is 6.68. The summed E-state index contributed by atoms with van der Waals surface area (Å²) < 4.78 is 14.2. The number of ether oxygens (including phenoxy) is 3. The molecule has 1 atom stereocenters. The maximum Gasteiger partial charge on any atom is 0.268 e. The first-order valence-electron chi connectivity index (χ1n) is 6.17. The Labute approximate surface area is 143 Å². The predicted octanol–water partition coefficient (Wildman–Crippen LogP) is 3.36. The maximum atomic E-state index is 5.80. The van der Waals surface area contributed by atoms with Gasteiger partial charge in [-0.3, -0.25) is 0 Å². The first kappa shape index (κ1) is 17.3. The quantitative estimate of drug-likeness (QED) is 0.762. The Morgan fingerprint density at radius 1 is 1.09 bits per heavy atom. The Bertz CT molecular complexity index is 564. The number of hydrogen-bond acceptors (Lipinski definition) is 6. The number of benzene rings is 1. The van der Waals surface area contributed by atoms with E-state index in [9.17, 15) is 0 Å². The van der Waals surface area contributed by atoms with Crippen molar-refractivity contribution in [3.8, 4) is 17.2 Å². The smallest absolute Gasteiger partial charge is 0.268 e. The standard InChI is InChI=1S/C13H15Cl3N2O4/c1-18-11(17-12(22-18)13(14,15)16)7-5-8(19-2)10(21-4)9(6-7)20-3/h5-6,11H,1-4H3. The van der Waals surface area contributed by atoms with Gasteiger partial charge in [0, 0.05) is 12.6 Å². The van der Waals surface area contributed by atoms with E-state index in [1.165, 1.54) is 26.4 Å². The topological polar surface area (TPSA) is 52.5 Å².